The number of nitrogens with two attached hydrogens (primary N) is 1. The monoisotopic (exact) mass is 229 g/mol. The number of carbonyl (C=O) groups is 1. The first kappa shape index (κ1) is 12.2. The van der Waals surface area contributed by atoms with E-state index in [-0.39, 0.29) is 5.91 Å². The van der Waals surface area contributed by atoms with Crippen molar-refractivity contribution in [3.05, 3.63) is 10.4 Å². The van der Waals surface area contributed by atoms with Crippen molar-refractivity contribution in [2.24, 2.45) is 10.8 Å². The number of hydrogen-bond acceptors (Lipinski definition) is 4. The highest BCUT2D eigenvalue weighted by atomic mass is 32.2. The molecule has 1 aliphatic rings. The molecule has 1 rings (SSSR count). The van der Waals surface area contributed by atoms with E-state index in [1.165, 1.54) is 0 Å². The number of azide groups is 1. The first-order valence-electron chi connectivity index (χ1n) is 4.85. The van der Waals surface area contributed by atoms with E-state index in [1.54, 1.807) is 11.8 Å². The molecule has 15 heavy (non-hydrogen) atoms. The summed E-state index contributed by atoms with van der Waals surface area (Å²) in [7, 11) is 0. The maximum absolute atomic E-state index is 11.3. The van der Waals surface area contributed by atoms with E-state index in [1.807, 2.05) is 0 Å². The standard InChI is InChI=1S/C8H15N5OS/c9-7(14)8(2-5-15-6-8)11-3-1-4-12-13-10/h11H,1-6H2,(H2,9,14). The van der Waals surface area contributed by atoms with E-state index in [2.05, 4.69) is 15.3 Å². The lowest BCUT2D eigenvalue weighted by Gasteiger charge is -2.25. The van der Waals surface area contributed by atoms with E-state index in [9.17, 15) is 4.79 Å². The van der Waals surface area contributed by atoms with Crippen LogP contribution in [0, 0.1) is 0 Å². The molecule has 1 fully saturated rings. The number of nitrogens with one attached hydrogen (secondary N) is 1. The Bertz CT molecular complexity index is 270. The molecule has 6 nitrogen and oxygen atoms in total. The van der Waals surface area contributed by atoms with Crippen molar-refractivity contribution in [1.29, 1.82) is 0 Å². The minimum Gasteiger partial charge on any atom is -0.368 e. The molecule has 0 spiro atoms. The Labute approximate surface area is 92.6 Å². The summed E-state index contributed by atoms with van der Waals surface area (Å²) in [4.78, 5) is 14.0. The molecule has 0 aromatic heterocycles. The van der Waals surface area contributed by atoms with Crippen molar-refractivity contribution < 1.29 is 4.79 Å². The predicted molar refractivity (Wildman–Crippen MR) is 60.5 cm³/mol. The van der Waals surface area contributed by atoms with Gasteiger partial charge in [-0.3, -0.25) is 4.79 Å². The topological polar surface area (TPSA) is 104 Å². The van der Waals surface area contributed by atoms with Crippen LogP contribution in [0.1, 0.15) is 12.8 Å². The SMILES string of the molecule is [N-]=[N+]=NCCCNC1(C(N)=O)CCSC1. The highest BCUT2D eigenvalue weighted by Gasteiger charge is 2.39. The van der Waals surface area contributed by atoms with Gasteiger partial charge < -0.3 is 11.1 Å². The molecule has 0 aromatic carbocycles. The van der Waals surface area contributed by atoms with Crippen molar-refractivity contribution >= 4 is 17.7 Å². The summed E-state index contributed by atoms with van der Waals surface area (Å²) in [6.45, 7) is 1.11. The molecule has 1 unspecified atom stereocenters. The third-order valence-corrected chi connectivity index (χ3v) is 3.64. The van der Waals surface area contributed by atoms with E-state index in [4.69, 9.17) is 11.3 Å². The molecule has 3 N–H and O–H groups in total. The van der Waals surface area contributed by atoms with Crippen LogP contribution in [-0.4, -0.2) is 36.0 Å². The van der Waals surface area contributed by atoms with Crippen molar-refractivity contribution in [3.8, 4) is 0 Å². The second-order valence-corrected chi connectivity index (χ2v) is 4.59. The number of rotatable bonds is 6. The fourth-order valence-corrected chi connectivity index (χ4v) is 2.88. The molecular formula is C8H15N5OS. The number of primary amides is 1. The van der Waals surface area contributed by atoms with E-state index < -0.39 is 5.54 Å². The van der Waals surface area contributed by atoms with Gasteiger partial charge in [-0.1, -0.05) is 5.11 Å². The van der Waals surface area contributed by atoms with Crippen LogP contribution in [0.25, 0.3) is 10.4 Å². The van der Waals surface area contributed by atoms with E-state index in [0.29, 0.717) is 13.1 Å². The molecule has 0 bridgehead atoms. The van der Waals surface area contributed by atoms with Gasteiger partial charge in [0.1, 0.15) is 5.54 Å². The Morgan fingerprint density at radius 3 is 3.07 bits per heavy atom. The first-order chi connectivity index (χ1) is 7.21. The van der Waals surface area contributed by atoms with Crippen molar-refractivity contribution in [2.45, 2.75) is 18.4 Å². The molecule has 1 atom stereocenters. The lowest BCUT2D eigenvalue weighted by atomic mass is 9.98. The Balaban J connectivity index is 2.33. The molecule has 7 heteroatoms. The van der Waals surface area contributed by atoms with Crippen LogP contribution in [0.5, 0.6) is 0 Å². The summed E-state index contributed by atoms with van der Waals surface area (Å²) in [6, 6.07) is 0. The molecule has 0 aromatic rings. The molecule has 1 heterocycles. The van der Waals surface area contributed by atoms with Crippen molar-refractivity contribution in [2.75, 3.05) is 24.6 Å². The Morgan fingerprint density at radius 2 is 2.53 bits per heavy atom. The lowest BCUT2D eigenvalue weighted by molar-refractivity contribution is -0.123. The highest BCUT2D eigenvalue weighted by molar-refractivity contribution is 7.99. The van der Waals surface area contributed by atoms with Crippen LogP contribution in [0.3, 0.4) is 0 Å². The molecule has 0 saturated carbocycles. The van der Waals surface area contributed by atoms with Gasteiger partial charge in [-0.05, 0) is 30.7 Å². The Morgan fingerprint density at radius 1 is 1.73 bits per heavy atom. The van der Waals surface area contributed by atoms with Gasteiger partial charge in [0.25, 0.3) is 0 Å². The highest BCUT2D eigenvalue weighted by Crippen LogP contribution is 2.27. The van der Waals surface area contributed by atoms with E-state index >= 15 is 0 Å². The van der Waals surface area contributed by atoms with Crippen molar-refractivity contribution in [1.82, 2.24) is 5.32 Å². The molecule has 1 aliphatic heterocycles. The zero-order valence-corrected chi connectivity index (χ0v) is 9.29. The van der Waals surface area contributed by atoms with Crippen LogP contribution in [0.4, 0.5) is 0 Å². The maximum Gasteiger partial charge on any atom is 0.238 e. The van der Waals surface area contributed by atoms with Crippen LogP contribution in [0.2, 0.25) is 0 Å². The first-order valence-corrected chi connectivity index (χ1v) is 6.00. The quantitative estimate of drug-likeness (QED) is 0.302. The number of carbonyl (C=O) groups excluding carboxylic acids is 1. The van der Waals surface area contributed by atoms with Gasteiger partial charge in [-0.15, -0.1) is 0 Å². The lowest BCUT2D eigenvalue weighted by Crippen LogP contribution is -2.56. The second kappa shape index (κ2) is 5.85. The zero-order valence-electron chi connectivity index (χ0n) is 8.48. The molecule has 0 radical (unpaired) electrons. The summed E-state index contributed by atoms with van der Waals surface area (Å²) in [5, 5.41) is 6.60. The van der Waals surface area contributed by atoms with Crippen LogP contribution in [0.15, 0.2) is 5.11 Å². The molecule has 0 aliphatic carbocycles. The number of thioether (sulfide) groups is 1. The number of hydrogen-bond donors (Lipinski definition) is 2. The smallest absolute Gasteiger partial charge is 0.238 e. The second-order valence-electron chi connectivity index (χ2n) is 3.48. The fraction of sp³-hybridized carbons (Fsp3) is 0.875. The van der Waals surface area contributed by atoms with Crippen LogP contribution < -0.4 is 11.1 Å². The van der Waals surface area contributed by atoms with Gasteiger partial charge in [0.05, 0.1) is 0 Å². The average Bonchev–Trinajstić information content (AvgIpc) is 2.67. The fourth-order valence-electron chi connectivity index (χ4n) is 1.51. The van der Waals surface area contributed by atoms with Gasteiger partial charge in [0, 0.05) is 17.2 Å². The maximum atomic E-state index is 11.3. The van der Waals surface area contributed by atoms with Crippen LogP contribution >= 0.6 is 11.8 Å². The van der Waals surface area contributed by atoms with Gasteiger partial charge in [-0.25, -0.2) is 0 Å². The average molecular weight is 229 g/mol. The summed E-state index contributed by atoms with van der Waals surface area (Å²) in [6.07, 6.45) is 1.51. The molecular weight excluding hydrogens is 214 g/mol. The molecule has 1 amide bonds. The zero-order chi connectivity index (χ0) is 11.1. The normalized spacial score (nSPS) is 24.8. The Kier molecular flexibility index (Phi) is 4.74. The minimum atomic E-state index is -0.541. The van der Waals surface area contributed by atoms with Gasteiger partial charge in [0.2, 0.25) is 5.91 Å². The third kappa shape index (κ3) is 3.30. The molecule has 84 valence electrons. The predicted octanol–water partition coefficient (Wildman–Crippen LogP) is 0.637. The van der Waals surface area contributed by atoms with Gasteiger partial charge >= 0.3 is 0 Å². The number of nitrogens with zero attached hydrogens (tertiary/aromatic N) is 3. The summed E-state index contributed by atoms with van der Waals surface area (Å²) in [5.74, 6) is 1.42. The summed E-state index contributed by atoms with van der Waals surface area (Å²) >= 11 is 1.73. The largest absolute Gasteiger partial charge is 0.368 e. The molecule has 1 saturated heterocycles. The third-order valence-electron chi connectivity index (χ3n) is 2.45. The van der Waals surface area contributed by atoms with Crippen LogP contribution in [-0.2, 0) is 4.79 Å². The van der Waals surface area contributed by atoms with Gasteiger partial charge in [-0.2, -0.15) is 11.8 Å². The van der Waals surface area contributed by atoms with E-state index in [0.717, 1.165) is 24.3 Å². The summed E-state index contributed by atoms with van der Waals surface area (Å²) in [5.41, 5.74) is 12.9. The number of amides is 1. The summed E-state index contributed by atoms with van der Waals surface area (Å²) < 4.78 is 0. The van der Waals surface area contributed by atoms with Crippen molar-refractivity contribution in [3.63, 3.8) is 0 Å². The Hall–Kier alpha value is -0.910. The van der Waals surface area contributed by atoms with Gasteiger partial charge in [0.15, 0.2) is 0 Å². The minimum absolute atomic E-state index is 0.281.